The number of nitrogens with zero attached hydrogens (tertiary/aromatic N) is 4. The third-order valence-electron chi connectivity index (χ3n) is 4.85. The molecule has 1 saturated carbocycles. The van der Waals surface area contributed by atoms with E-state index < -0.39 is 0 Å². The molecule has 0 aromatic carbocycles. The van der Waals surface area contributed by atoms with E-state index in [9.17, 15) is 0 Å². The molecular weight excluding hydrogens is 250 g/mol. The predicted octanol–water partition coefficient (Wildman–Crippen LogP) is 2.12. The Morgan fingerprint density at radius 2 is 1.95 bits per heavy atom. The fourth-order valence-corrected chi connectivity index (χ4v) is 3.67. The summed E-state index contributed by atoms with van der Waals surface area (Å²) >= 11 is 0. The highest BCUT2D eigenvalue weighted by Gasteiger charge is 2.42. The van der Waals surface area contributed by atoms with Gasteiger partial charge < -0.3 is 10.2 Å². The van der Waals surface area contributed by atoms with Crippen molar-refractivity contribution in [2.75, 3.05) is 20.6 Å². The highest BCUT2D eigenvalue weighted by molar-refractivity contribution is 5.13. The molecule has 20 heavy (non-hydrogen) atoms. The normalized spacial score (nSPS) is 20.9. The van der Waals surface area contributed by atoms with E-state index in [-0.39, 0.29) is 5.54 Å². The molecule has 114 valence electrons. The van der Waals surface area contributed by atoms with Crippen molar-refractivity contribution in [2.45, 2.75) is 57.0 Å². The van der Waals surface area contributed by atoms with Crippen molar-refractivity contribution >= 4 is 0 Å². The maximum atomic E-state index is 4.14. The number of likely N-dealkylation sites (N-methyl/N-ethyl adjacent to an activating group) is 2. The van der Waals surface area contributed by atoms with E-state index >= 15 is 0 Å². The zero-order valence-electron chi connectivity index (χ0n) is 13.4. The largest absolute Gasteiger partial charge is 0.307 e. The summed E-state index contributed by atoms with van der Waals surface area (Å²) in [5.41, 5.74) is 1.37. The van der Waals surface area contributed by atoms with Crippen LogP contribution in [0.2, 0.25) is 0 Å². The third-order valence-corrected chi connectivity index (χ3v) is 4.85. The van der Waals surface area contributed by atoms with E-state index in [1.54, 1.807) is 0 Å². The molecule has 5 nitrogen and oxygen atoms in total. The minimum Gasteiger partial charge on any atom is -0.307 e. The van der Waals surface area contributed by atoms with Crippen LogP contribution < -0.4 is 5.32 Å². The van der Waals surface area contributed by atoms with Crippen LogP contribution in [0, 0.1) is 0 Å². The second kappa shape index (κ2) is 6.68. The van der Waals surface area contributed by atoms with Gasteiger partial charge in [0.1, 0.15) is 0 Å². The third kappa shape index (κ3) is 2.88. The molecule has 5 heteroatoms. The van der Waals surface area contributed by atoms with Gasteiger partial charge in [-0.3, -0.25) is 4.68 Å². The average Bonchev–Trinajstić information content (AvgIpc) is 2.69. The summed E-state index contributed by atoms with van der Waals surface area (Å²) in [5.74, 6) is 0. The SMILES string of the molecule is CCNC(c1cnnn1C)C1(N(C)C)CCCCCC1. The van der Waals surface area contributed by atoms with E-state index in [1.165, 1.54) is 44.2 Å². The van der Waals surface area contributed by atoms with Gasteiger partial charge in [-0.2, -0.15) is 0 Å². The molecule has 1 N–H and O–H groups in total. The van der Waals surface area contributed by atoms with Gasteiger partial charge in [0.15, 0.2) is 0 Å². The molecule has 0 bridgehead atoms. The molecule has 1 atom stereocenters. The van der Waals surface area contributed by atoms with Crippen molar-refractivity contribution in [3.63, 3.8) is 0 Å². The molecular formula is C15H29N5. The molecule has 1 aliphatic carbocycles. The molecule has 0 radical (unpaired) electrons. The summed E-state index contributed by atoms with van der Waals surface area (Å²) in [4.78, 5) is 2.43. The number of nitrogens with one attached hydrogen (secondary N) is 1. The van der Waals surface area contributed by atoms with E-state index in [4.69, 9.17) is 0 Å². The zero-order valence-corrected chi connectivity index (χ0v) is 13.4. The molecule has 0 saturated heterocycles. The number of hydrogen-bond donors (Lipinski definition) is 1. The molecule has 0 aliphatic heterocycles. The lowest BCUT2D eigenvalue weighted by molar-refractivity contribution is 0.0772. The summed E-state index contributed by atoms with van der Waals surface area (Å²) in [7, 11) is 6.44. The molecule has 0 spiro atoms. The van der Waals surface area contributed by atoms with Gasteiger partial charge in [0.05, 0.1) is 17.9 Å². The Kier molecular flexibility index (Phi) is 5.16. The quantitative estimate of drug-likeness (QED) is 0.839. The minimum absolute atomic E-state index is 0.169. The maximum Gasteiger partial charge on any atom is 0.0772 e. The molecule has 1 aromatic rings. The second-order valence-corrected chi connectivity index (χ2v) is 6.19. The van der Waals surface area contributed by atoms with E-state index in [0.717, 1.165) is 6.54 Å². The monoisotopic (exact) mass is 279 g/mol. The number of hydrogen-bond acceptors (Lipinski definition) is 4. The number of aryl methyl sites for hydroxylation is 1. The van der Waals surface area contributed by atoms with Crippen LogP contribution in [0.25, 0.3) is 0 Å². The first-order chi connectivity index (χ1) is 9.62. The van der Waals surface area contributed by atoms with Gasteiger partial charge in [-0.25, -0.2) is 0 Å². The highest BCUT2D eigenvalue weighted by atomic mass is 15.4. The van der Waals surface area contributed by atoms with E-state index in [1.807, 2.05) is 17.9 Å². The van der Waals surface area contributed by atoms with Crippen molar-refractivity contribution in [1.29, 1.82) is 0 Å². The summed E-state index contributed by atoms with van der Waals surface area (Å²) in [6.45, 7) is 3.14. The Morgan fingerprint density at radius 3 is 2.40 bits per heavy atom. The molecule has 1 fully saturated rings. The molecule has 1 heterocycles. The standard InChI is InChI=1S/C15H29N5/c1-5-16-14(13-12-17-18-20(13)4)15(19(2)3)10-8-6-7-9-11-15/h12,14,16H,5-11H2,1-4H3. The van der Waals surface area contributed by atoms with Gasteiger partial charge in [0.2, 0.25) is 0 Å². The summed E-state index contributed by atoms with van der Waals surface area (Å²) < 4.78 is 1.92. The summed E-state index contributed by atoms with van der Waals surface area (Å²) in [5, 5.41) is 11.9. The number of aromatic nitrogens is 3. The van der Waals surface area contributed by atoms with Crippen LogP contribution >= 0.6 is 0 Å². The summed E-state index contributed by atoms with van der Waals surface area (Å²) in [6, 6.07) is 0.292. The Bertz CT molecular complexity index is 404. The first-order valence-corrected chi connectivity index (χ1v) is 7.87. The van der Waals surface area contributed by atoms with Crippen molar-refractivity contribution in [1.82, 2.24) is 25.2 Å². The first-order valence-electron chi connectivity index (χ1n) is 7.87. The lowest BCUT2D eigenvalue weighted by atomic mass is 9.79. The van der Waals surface area contributed by atoms with Crippen LogP contribution in [-0.2, 0) is 7.05 Å². The van der Waals surface area contributed by atoms with Gasteiger partial charge in [-0.1, -0.05) is 37.8 Å². The maximum absolute atomic E-state index is 4.14. The smallest absolute Gasteiger partial charge is 0.0772 e. The topological polar surface area (TPSA) is 46.0 Å². The van der Waals surface area contributed by atoms with Crippen molar-refractivity contribution in [2.24, 2.45) is 7.05 Å². The van der Waals surface area contributed by atoms with Crippen LogP contribution in [0.4, 0.5) is 0 Å². The predicted molar refractivity (Wildman–Crippen MR) is 81.5 cm³/mol. The Balaban J connectivity index is 2.39. The Hall–Kier alpha value is -0.940. The van der Waals surface area contributed by atoms with Crippen LogP contribution in [0.15, 0.2) is 6.20 Å². The minimum atomic E-state index is 0.169. The molecule has 1 aromatic heterocycles. The van der Waals surface area contributed by atoms with Gasteiger partial charge in [-0.15, -0.1) is 5.10 Å². The first kappa shape index (κ1) is 15.4. The van der Waals surface area contributed by atoms with E-state index in [2.05, 4.69) is 41.5 Å². The van der Waals surface area contributed by atoms with Crippen molar-refractivity contribution < 1.29 is 0 Å². The van der Waals surface area contributed by atoms with Gasteiger partial charge >= 0.3 is 0 Å². The highest BCUT2D eigenvalue weighted by Crippen LogP contribution is 2.40. The van der Waals surface area contributed by atoms with Crippen molar-refractivity contribution in [3.05, 3.63) is 11.9 Å². The molecule has 1 aliphatic rings. The Morgan fingerprint density at radius 1 is 1.30 bits per heavy atom. The second-order valence-electron chi connectivity index (χ2n) is 6.19. The van der Waals surface area contributed by atoms with Crippen LogP contribution in [0.3, 0.4) is 0 Å². The van der Waals surface area contributed by atoms with Gasteiger partial charge in [0.25, 0.3) is 0 Å². The lowest BCUT2D eigenvalue weighted by Gasteiger charge is -2.46. The van der Waals surface area contributed by atoms with Crippen LogP contribution in [0.1, 0.15) is 57.2 Å². The van der Waals surface area contributed by atoms with Gasteiger partial charge in [0, 0.05) is 12.6 Å². The average molecular weight is 279 g/mol. The molecule has 0 amide bonds. The van der Waals surface area contributed by atoms with Crippen LogP contribution in [-0.4, -0.2) is 46.1 Å². The lowest BCUT2D eigenvalue weighted by Crippen LogP contribution is -2.54. The molecule has 2 rings (SSSR count). The fourth-order valence-electron chi connectivity index (χ4n) is 3.67. The number of rotatable bonds is 5. The molecule has 1 unspecified atom stereocenters. The zero-order chi connectivity index (χ0) is 14.6. The van der Waals surface area contributed by atoms with E-state index in [0.29, 0.717) is 6.04 Å². The van der Waals surface area contributed by atoms with Gasteiger partial charge in [-0.05, 0) is 33.5 Å². The Labute approximate surface area is 122 Å². The van der Waals surface area contributed by atoms with Crippen molar-refractivity contribution in [3.8, 4) is 0 Å². The summed E-state index contributed by atoms with van der Waals surface area (Å²) in [6.07, 6.45) is 9.74. The van der Waals surface area contributed by atoms with Crippen LogP contribution in [0.5, 0.6) is 0 Å². The fraction of sp³-hybridized carbons (Fsp3) is 0.867.